The lowest BCUT2D eigenvalue weighted by Crippen LogP contribution is -2.43. The van der Waals surface area contributed by atoms with Gasteiger partial charge in [0.1, 0.15) is 0 Å². The number of hydrogen-bond acceptors (Lipinski definition) is 4. The predicted molar refractivity (Wildman–Crippen MR) is 77.1 cm³/mol. The van der Waals surface area contributed by atoms with Crippen LogP contribution in [0.5, 0.6) is 0 Å². The molecule has 0 aliphatic heterocycles. The Bertz CT molecular complexity index is 444. The maximum absolute atomic E-state index is 12.6. The van der Waals surface area contributed by atoms with E-state index in [4.69, 9.17) is 5.73 Å². The monoisotopic (exact) mass is 277 g/mol. The van der Waals surface area contributed by atoms with Crippen molar-refractivity contribution in [2.24, 2.45) is 5.73 Å². The molecule has 2 rings (SSSR count). The average Bonchev–Trinajstić information content (AvgIpc) is 2.53. The molecule has 0 atom stereocenters. The number of aliphatic hydroxyl groups excluding tert-OH is 1. The molecule has 1 aliphatic carbocycles. The lowest BCUT2D eigenvalue weighted by atomic mass is 9.93. The highest BCUT2D eigenvalue weighted by atomic mass is 16.3. The second kappa shape index (κ2) is 7.36. The molecule has 1 fully saturated rings. The molecule has 0 spiro atoms. The van der Waals surface area contributed by atoms with Gasteiger partial charge in [-0.15, -0.1) is 0 Å². The Morgan fingerprint density at radius 1 is 1.40 bits per heavy atom. The first kappa shape index (κ1) is 14.9. The zero-order valence-corrected chi connectivity index (χ0v) is 11.8. The van der Waals surface area contributed by atoms with E-state index in [9.17, 15) is 9.90 Å². The fraction of sp³-hybridized carbons (Fsp3) is 0.600. The highest BCUT2D eigenvalue weighted by molar-refractivity contribution is 5.94. The fourth-order valence-corrected chi connectivity index (χ4v) is 2.84. The minimum Gasteiger partial charge on any atom is -0.395 e. The van der Waals surface area contributed by atoms with E-state index >= 15 is 0 Å². The average molecular weight is 277 g/mol. The molecular weight excluding hydrogens is 254 g/mol. The Labute approximate surface area is 119 Å². The van der Waals surface area contributed by atoms with E-state index in [1.54, 1.807) is 18.3 Å². The van der Waals surface area contributed by atoms with E-state index < -0.39 is 0 Å². The quantitative estimate of drug-likeness (QED) is 0.850. The summed E-state index contributed by atoms with van der Waals surface area (Å²) in [6.45, 7) is 0.714. The van der Waals surface area contributed by atoms with Crippen molar-refractivity contribution in [2.75, 3.05) is 13.2 Å². The number of aliphatic hydroxyl groups is 1. The summed E-state index contributed by atoms with van der Waals surface area (Å²) < 4.78 is 0. The predicted octanol–water partition coefficient (Wildman–Crippen LogP) is 1.31. The number of aromatic nitrogens is 1. The van der Waals surface area contributed by atoms with Gasteiger partial charge in [-0.3, -0.25) is 9.78 Å². The number of nitrogens with zero attached hydrogens (tertiary/aromatic N) is 2. The maximum Gasteiger partial charge on any atom is 0.254 e. The van der Waals surface area contributed by atoms with Crippen molar-refractivity contribution in [3.8, 4) is 0 Å². The van der Waals surface area contributed by atoms with E-state index in [0.717, 1.165) is 25.7 Å². The summed E-state index contributed by atoms with van der Waals surface area (Å²) >= 11 is 0. The first-order valence-corrected chi connectivity index (χ1v) is 7.33. The number of amides is 1. The van der Waals surface area contributed by atoms with Crippen LogP contribution in [0.2, 0.25) is 0 Å². The Morgan fingerprint density at radius 3 is 2.80 bits per heavy atom. The number of carbonyl (C=O) groups is 1. The topological polar surface area (TPSA) is 79.5 Å². The highest BCUT2D eigenvalue weighted by Gasteiger charge is 2.25. The number of hydrogen-bond donors (Lipinski definition) is 2. The third-order valence-corrected chi connectivity index (χ3v) is 3.89. The van der Waals surface area contributed by atoms with Crippen LogP contribution in [-0.2, 0) is 6.54 Å². The van der Waals surface area contributed by atoms with Gasteiger partial charge in [0.05, 0.1) is 12.3 Å². The summed E-state index contributed by atoms with van der Waals surface area (Å²) in [5.41, 5.74) is 6.89. The molecule has 20 heavy (non-hydrogen) atoms. The van der Waals surface area contributed by atoms with Gasteiger partial charge >= 0.3 is 0 Å². The lowest BCUT2D eigenvalue weighted by molar-refractivity contribution is 0.0585. The zero-order valence-electron chi connectivity index (χ0n) is 11.8. The molecule has 5 nitrogen and oxygen atoms in total. The van der Waals surface area contributed by atoms with Gasteiger partial charge in [0.15, 0.2) is 0 Å². The summed E-state index contributed by atoms with van der Waals surface area (Å²) in [5.74, 6) is -0.0250. The molecule has 0 unspecified atom stereocenters. The summed E-state index contributed by atoms with van der Waals surface area (Å²) in [6, 6.07) is 3.71. The van der Waals surface area contributed by atoms with Gasteiger partial charge in [0.25, 0.3) is 5.91 Å². The van der Waals surface area contributed by atoms with Crippen molar-refractivity contribution in [3.63, 3.8) is 0 Å². The van der Waals surface area contributed by atoms with Gasteiger partial charge in [-0.05, 0) is 25.0 Å². The van der Waals surface area contributed by atoms with Crippen molar-refractivity contribution in [1.82, 2.24) is 9.88 Å². The maximum atomic E-state index is 12.6. The molecule has 3 N–H and O–H groups in total. The van der Waals surface area contributed by atoms with Gasteiger partial charge in [0, 0.05) is 30.9 Å². The molecule has 1 saturated carbocycles. The van der Waals surface area contributed by atoms with Crippen LogP contribution in [0.3, 0.4) is 0 Å². The van der Waals surface area contributed by atoms with Crippen LogP contribution in [0.1, 0.15) is 48.2 Å². The number of nitrogens with two attached hydrogens (primary N) is 1. The van der Waals surface area contributed by atoms with Gasteiger partial charge in [-0.1, -0.05) is 19.3 Å². The van der Waals surface area contributed by atoms with Crippen LogP contribution >= 0.6 is 0 Å². The van der Waals surface area contributed by atoms with Gasteiger partial charge < -0.3 is 15.7 Å². The van der Waals surface area contributed by atoms with Crippen molar-refractivity contribution in [1.29, 1.82) is 0 Å². The normalized spacial score (nSPS) is 16.1. The van der Waals surface area contributed by atoms with Gasteiger partial charge in [0.2, 0.25) is 0 Å². The molecule has 1 aromatic rings. The molecule has 0 saturated heterocycles. The van der Waals surface area contributed by atoms with E-state index in [2.05, 4.69) is 4.98 Å². The van der Waals surface area contributed by atoms with Crippen LogP contribution in [0, 0.1) is 0 Å². The first-order chi connectivity index (χ1) is 9.76. The molecule has 0 radical (unpaired) electrons. The Balaban J connectivity index is 2.16. The van der Waals surface area contributed by atoms with Crippen LogP contribution < -0.4 is 5.73 Å². The Morgan fingerprint density at radius 2 is 2.15 bits per heavy atom. The standard InChI is InChI=1S/C15H23N3O2/c16-11-13-10-12(6-7-17-13)15(20)18(8-9-19)14-4-2-1-3-5-14/h6-7,10,14,19H,1-5,8-9,11,16H2. The van der Waals surface area contributed by atoms with E-state index in [-0.39, 0.29) is 18.6 Å². The third-order valence-electron chi connectivity index (χ3n) is 3.89. The summed E-state index contributed by atoms with van der Waals surface area (Å²) in [7, 11) is 0. The van der Waals surface area contributed by atoms with Crippen molar-refractivity contribution >= 4 is 5.91 Å². The molecule has 1 amide bonds. The Kier molecular flexibility index (Phi) is 5.49. The van der Waals surface area contributed by atoms with Gasteiger partial charge in [-0.25, -0.2) is 0 Å². The van der Waals surface area contributed by atoms with E-state index in [1.165, 1.54) is 6.42 Å². The van der Waals surface area contributed by atoms with Crippen LogP contribution in [0.4, 0.5) is 0 Å². The highest BCUT2D eigenvalue weighted by Crippen LogP contribution is 2.24. The van der Waals surface area contributed by atoms with Crippen LogP contribution in [-0.4, -0.2) is 40.1 Å². The lowest BCUT2D eigenvalue weighted by Gasteiger charge is -2.34. The van der Waals surface area contributed by atoms with Crippen molar-refractivity contribution in [3.05, 3.63) is 29.6 Å². The number of rotatable bonds is 5. The molecule has 0 aromatic carbocycles. The van der Waals surface area contributed by atoms with Crippen LogP contribution in [0.15, 0.2) is 18.3 Å². The molecule has 1 heterocycles. The smallest absolute Gasteiger partial charge is 0.254 e. The second-order valence-corrected chi connectivity index (χ2v) is 5.25. The summed E-state index contributed by atoms with van der Waals surface area (Å²) in [6.07, 6.45) is 7.23. The summed E-state index contributed by atoms with van der Waals surface area (Å²) in [5, 5.41) is 9.24. The van der Waals surface area contributed by atoms with Crippen LogP contribution in [0.25, 0.3) is 0 Å². The third kappa shape index (κ3) is 3.55. The first-order valence-electron chi connectivity index (χ1n) is 7.33. The molecule has 1 aliphatic rings. The summed E-state index contributed by atoms with van der Waals surface area (Å²) in [4.78, 5) is 18.6. The molecular formula is C15H23N3O2. The number of carbonyl (C=O) groups excluding carboxylic acids is 1. The molecule has 1 aromatic heterocycles. The zero-order chi connectivity index (χ0) is 14.4. The molecule has 0 bridgehead atoms. The molecule has 110 valence electrons. The Hall–Kier alpha value is -1.46. The van der Waals surface area contributed by atoms with Crippen molar-refractivity contribution < 1.29 is 9.90 Å². The fourth-order valence-electron chi connectivity index (χ4n) is 2.84. The van der Waals surface area contributed by atoms with Gasteiger partial charge in [-0.2, -0.15) is 0 Å². The van der Waals surface area contributed by atoms with Crippen molar-refractivity contribution in [2.45, 2.75) is 44.7 Å². The molecule has 5 heteroatoms. The minimum atomic E-state index is -0.0250. The minimum absolute atomic E-state index is 0.00291. The second-order valence-electron chi connectivity index (χ2n) is 5.25. The van der Waals surface area contributed by atoms with E-state index in [0.29, 0.717) is 24.3 Å². The van der Waals surface area contributed by atoms with E-state index in [1.807, 2.05) is 4.90 Å². The largest absolute Gasteiger partial charge is 0.395 e. The SMILES string of the molecule is NCc1cc(C(=O)N(CCO)C2CCCCC2)ccn1. The number of pyridine rings is 1.